The molecule has 0 saturated carbocycles. The van der Waals surface area contributed by atoms with E-state index in [1.807, 2.05) is 6.07 Å². The predicted octanol–water partition coefficient (Wildman–Crippen LogP) is 0.0751. The van der Waals surface area contributed by atoms with Crippen LogP contribution in [0.1, 0.15) is 21.5 Å². The molecule has 1 aromatic carbocycles. The van der Waals surface area contributed by atoms with Gasteiger partial charge in [0.1, 0.15) is 11.3 Å². The fourth-order valence-corrected chi connectivity index (χ4v) is 4.73. The van der Waals surface area contributed by atoms with Gasteiger partial charge in [-0.1, -0.05) is 12.1 Å². The van der Waals surface area contributed by atoms with Crippen LogP contribution in [0.5, 0.6) is 5.75 Å². The first-order valence-electron chi connectivity index (χ1n) is 7.33. The van der Waals surface area contributed by atoms with Crippen molar-refractivity contribution in [2.75, 3.05) is 13.1 Å². The first kappa shape index (κ1) is 17.7. The predicted molar refractivity (Wildman–Crippen MR) is 91.1 cm³/mol. The van der Waals surface area contributed by atoms with Crippen molar-refractivity contribution >= 4 is 36.1 Å². The van der Waals surface area contributed by atoms with E-state index in [4.69, 9.17) is 9.21 Å². The van der Waals surface area contributed by atoms with Gasteiger partial charge in [-0.05, 0) is 24.5 Å². The maximum atomic E-state index is 11.4. The van der Waals surface area contributed by atoms with E-state index in [2.05, 4.69) is 4.83 Å². The number of thioether (sulfide) groups is 1. The number of carbonyl (C=O) groups is 1. The summed E-state index contributed by atoms with van der Waals surface area (Å²) >= 11 is -0.532. The normalized spacial score (nSPS) is 22.5. The SMILES string of the molecule is Cc1ccc2c(c1C(=O)O)OB(O)[C@@H](SC1CN(NS(=O)O)C1)C2. The topological polar surface area (TPSA) is 119 Å². The number of fused-ring (bicyclic) bond motifs is 1. The summed E-state index contributed by atoms with van der Waals surface area (Å²) in [5.41, 5.74) is 1.46. The molecule has 0 amide bonds. The van der Waals surface area contributed by atoms with Crippen LogP contribution in [0.15, 0.2) is 12.1 Å². The van der Waals surface area contributed by atoms with Crippen molar-refractivity contribution in [3.8, 4) is 5.75 Å². The zero-order chi connectivity index (χ0) is 17.4. The number of carboxylic acid groups (broad SMARTS) is 1. The first-order valence-corrected chi connectivity index (χ1v) is 9.38. The number of nitrogens with one attached hydrogen (secondary N) is 1. The molecule has 0 aromatic heterocycles. The van der Waals surface area contributed by atoms with Crippen LogP contribution in [0.25, 0.3) is 0 Å². The summed E-state index contributed by atoms with van der Waals surface area (Å²) in [6.45, 7) is 2.87. The van der Waals surface area contributed by atoms with Crippen molar-refractivity contribution < 1.29 is 28.3 Å². The van der Waals surface area contributed by atoms with E-state index >= 15 is 0 Å². The number of aryl methyl sites for hydroxylation is 1. The fraction of sp³-hybridized carbons (Fsp3) is 0.462. The van der Waals surface area contributed by atoms with E-state index in [9.17, 15) is 19.1 Å². The average molecular weight is 372 g/mol. The van der Waals surface area contributed by atoms with Crippen LogP contribution in [-0.4, -0.2) is 60.5 Å². The van der Waals surface area contributed by atoms with Crippen LogP contribution in [0.2, 0.25) is 0 Å². The average Bonchev–Trinajstić information content (AvgIpc) is 2.44. The molecule has 0 spiro atoms. The van der Waals surface area contributed by atoms with Crippen molar-refractivity contribution in [1.82, 2.24) is 9.84 Å². The summed E-state index contributed by atoms with van der Waals surface area (Å²) < 4.78 is 24.9. The molecule has 130 valence electrons. The van der Waals surface area contributed by atoms with Gasteiger partial charge in [0.2, 0.25) is 11.3 Å². The molecule has 3 rings (SSSR count). The maximum absolute atomic E-state index is 11.4. The summed E-state index contributed by atoms with van der Waals surface area (Å²) in [5, 5.41) is 21.2. The molecule has 0 bridgehead atoms. The molecular formula is C13H17BN2O6S2. The quantitative estimate of drug-likeness (QED) is 0.424. The summed E-state index contributed by atoms with van der Waals surface area (Å²) in [4.78, 5) is 13.8. The number of benzene rings is 1. The highest BCUT2D eigenvalue weighted by Crippen LogP contribution is 2.37. The van der Waals surface area contributed by atoms with Gasteiger partial charge >= 0.3 is 13.1 Å². The Morgan fingerprint density at radius 1 is 1.50 bits per heavy atom. The number of hydrogen-bond donors (Lipinski definition) is 4. The maximum Gasteiger partial charge on any atom is 0.536 e. The third kappa shape index (κ3) is 3.61. The molecule has 1 unspecified atom stereocenters. The molecule has 11 heteroatoms. The van der Waals surface area contributed by atoms with Gasteiger partial charge in [-0.25, -0.2) is 14.0 Å². The third-order valence-corrected chi connectivity index (χ3v) is 5.91. The van der Waals surface area contributed by atoms with E-state index in [0.717, 1.165) is 5.56 Å². The highest BCUT2D eigenvalue weighted by Gasteiger charge is 2.41. The lowest BCUT2D eigenvalue weighted by Crippen LogP contribution is -2.57. The molecule has 1 aromatic rings. The zero-order valence-electron chi connectivity index (χ0n) is 12.8. The minimum atomic E-state index is -2.08. The minimum absolute atomic E-state index is 0.0967. The molecule has 8 nitrogen and oxygen atoms in total. The van der Waals surface area contributed by atoms with Crippen molar-refractivity contribution in [2.24, 2.45) is 0 Å². The highest BCUT2D eigenvalue weighted by molar-refractivity contribution is 8.02. The lowest BCUT2D eigenvalue weighted by Gasteiger charge is -2.40. The zero-order valence-corrected chi connectivity index (χ0v) is 14.5. The van der Waals surface area contributed by atoms with E-state index < -0.39 is 24.4 Å². The van der Waals surface area contributed by atoms with Gasteiger partial charge in [-0.3, -0.25) is 4.55 Å². The van der Waals surface area contributed by atoms with Crippen LogP contribution in [0.3, 0.4) is 0 Å². The second-order valence-corrected chi connectivity index (χ2v) is 8.03. The monoisotopic (exact) mass is 372 g/mol. The van der Waals surface area contributed by atoms with Crippen molar-refractivity contribution in [3.05, 3.63) is 28.8 Å². The van der Waals surface area contributed by atoms with Crippen LogP contribution in [-0.2, 0) is 17.7 Å². The van der Waals surface area contributed by atoms with E-state index in [1.54, 1.807) is 29.8 Å². The molecule has 24 heavy (non-hydrogen) atoms. The molecule has 2 aliphatic rings. The van der Waals surface area contributed by atoms with E-state index in [1.165, 1.54) is 0 Å². The smallest absolute Gasteiger partial charge is 0.535 e. The Labute approximate surface area is 146 Å². The standard InChI is InChI=1S/C13H17BN2O6S2/c1-7-2-3-8-4-10(14(19)22-12(8)11(7)13(17)18)23-9-5-16(6-9)15-24(20)21/h2-3,9-10,15,19H,4-6H2,1H3,(H,17,18)(H,20,21)/t10-/m0/s1. The van der Waals surface area contributed by atoms with Gasteiger partial charge < -0.3 is 14.8 Å². The van der Waals surface area contributed by atoms with Gasteiger partial charge in [0.05, 0.1) is 5.15 Å². The van der Waals surface area contributed by atoms with Crippen LogP contribution in [0.4, 0.5) is 0 Å². The molecule has 2 aliphatic heterocycles. The van der Waals surface area contributed by atoms with Crippen LogP contribution >= 0.6 is 11.8 Å². The Morgan fingerprint density at radius 2 is 2.21 bits per heavy atom. The third-order valence-electron chi connectivity index (χ3n) is 4.06. The van der Waals surface area contributed by atoms with Gasteiger partial charge in [-0.15, -0.1) is 4.83 Å². The summed E-state index contributed by atoms with van der Waals surface area (Å²) in [7, 11) is -1.09. The minimum Gasteiger partial charge on any atom is -0.535 e. The second kappa shape index (κ2) is 7.02. The number of carboxylic acids is 1. The van der Waals surface area contributed by atoms with Crippen molar-refractivity contribution in [3.63, 3.8) is 0 Å². The number of hydrazine groups is 1. The molecule has 2 atom stereocenters. The van der Waals surface area contributed by atoms with E-state index in [-0.39, 0.29) is 21.7 Å². The van der Waals surface area contributed by atoms with Crippen molar-refractivity contribution in [1.29, 1.82) is 0 Å². The molecule has 4 N–H and O–H groups in total. The number of hydrogen-bond acceptors (Lipinski definition) is 6. The molecule has 2 heterocycles. The fourth-order valence-electron chi connectivity index (χ4n) is 2.87. The first-order chi connectivity index (χ1) is 11.3. The molecule has 0 radical (unpaired) electrons. The van der Waals surface area contributed by atoms with Gasteiger partial charge in [0.15, 0.2) is 0 Å². The molecule has 1 saturated heterocycles. The largest absolute Gasteiger partial charge is 0.536 e. The Bertz CT molecular complexity index is 685. The Balaban J connectivity index is 1.67. The van der Waals surface area contributed by atoms with Crippen molar-refractivity contribution in [2.45, 2.75) is 23.7 Å². The lowest BCUT2D eigenvalue weighted by atomic mass is 9.77. The summed E-state index contributed by atoms with van der Waals surface area (Å²) in [6, 6.07) is 3.58. The Morgan fingerprint density at radius 3 is 2.83 bits per heavy atom. The highest BCUT2D eigenvalue weighted by atomic mass is 32.2. The van der Waals surface area contributed by atoms with Gasteiger partial charge in [0.25, 0.3) is 0 Å². The van der Waals surface area contributed by atoms with Gasteiger partial charge in [0, 0.05) is 18.3 Å². The van der Waals surface area contributed by atoms with Crippen LogP contribution in [0, 0.1) is 6.92 Å². The van der Waals surface area contributed by atoms with Crippen LogP contribution < -0.4 is 9.49 Å². The number of rotatable bonds is 5. The number of aromatic carboxylic acids is 1. The summed E-state index contributed by atoms with van der Waals surface area (Å²) in [5.74, 6) is -0.820. The molecule has 0 aliphatic carbocycles. The Hall–Kier alpha value is -1.11. The van der Waals surface area contributed by atoms with E-state index in [0.29, 0.717) is 25.1 Å². The molecule has 1 fully saturated rings. The lowest BCUT2D eigenvalue weighted by molar-refractivity contribution is 0.0693. The molecular weight excluding hydrogens is 355 g/mol. The second-order valence-electron chi connectivity index (χ2n) is 5.81. The number of nitrogens with zero attached hydrogens (tertiary/aromatic N) is 1. The van der Waals surface area contributed by atoms with Gasteiger partial charge in [-0.2, -0.15) is 11.8 Å². The summed E-state index contributed by atoms with van der Waals surface area (Å²) in [6.07, 6.45) is 0.511. The Kier molecular flexibility index (Phi) is 5.18.